The predicted molar refractivity (Wildman–Crippen MR) is 108 cm³/mol. The molecule has 0 atom stereocenters. The molecule has 0 amide bonds. The van der Waals surface area contributed by atoms with Gasteiger partial charge in [0, 0.05) is 37.6 Å². The molecule has 2 saturated heterocycles. The number of fused-ring (bicyclic) bond motifs is 3. The Bertz CT molecular complexity index is 1050. The molecule has 5 rings (SSSR count). The van der Waals surface area contributed by atoms with E-state index in [4.69, 9.17) is 22.0 Å². The van der Waals surface area contributed by atoms with E-state index in [0.717, 1.165) is 57.6 Å². The third-order valence-corrected chi connectivity index (χ3v) is 5.89. The van der Waals surface area contributed by atoms with Gasteiger partial charge in [-0.15, -0.1) is 0 Å². The topological polar surface area (TPSA) is 74.6 Å². The van der Waals surface area contributed by atoms with Crippen LogP contribution in [-0.2, 0) is 11.3 Å². The van der Waals surface area contributed by atoms with E-state index < -0.39 is 0 Å². The number of hydrogen-bond donors (Lipinski definition) is 1. The van der Waals surface area contributed by atoms with E-state index in [1.165, 1.54) is 0 Å². The van der Waals surface area contributed by atoms with E-state index in [0.29, 0.717) is 35.0 Å². The Labute approximate surface area is 164 Å². The third-order valence-electron chi connectivity index (χ3n) is 5.89. The number of nitrogens with zero attached hydrogens (tertiary/aromatic N) is 3. The SMILES string of the molecule is [B]c1ccc2oc3c(=O)[nH]c(CN4CCC(N5CCOCC5)CC4)nc3c2c1. The first-order valence-electron chi connectivity index (χ1n) is 9.92. The molecule has 8 heteroatoms. The van der Waals surface area contributed by atoms with Crippen molar-refractivity contribution in [1.29, 1.82) is 0 Å². The number of rotatable bonds is 3. The van der Waals surface area contributed by atoms with Crippen LogP contribution < -0.4 is 11.0 Å². The summed E-state index contributed by atoms with van der Waals surface area (Å²) in [5.74, 6) is 0.674. The summed E-state index contributed by atoms with van der Waals surface area (Å²) >= 11 is 0. The predicted octanol–water partition coefficient (Wildman–Crippen LogP) is 0.760. The van der Waals surface area contributed by atoms with Crippen molar-refractivity contribution in [2.24, 2.45) is 0 Å². The molecule has 1 N–H and O–H groups in total. The van der Waals surface area contributed by atoms with Crippen molar-refractivity contribution in [3.63, 3.8) is 0 Å². The Morgan fingerprint density at radius 1 is 1.18 bits per heavy atom. The van der Waals surface area contributed by atoms with Crippen molar-refractivity contribution in [3.05, 3.63) is 34.4 Å². The Morgan fingerprint density at radius 2 is 1.96 bits per heavy atom. The van der Waals surface area contributed by atoms with Gasteiger partial charge in [-0.05, 0) is 18.9 Å². The van der Waals surface area contributed by atoms with E-state index in [-0.39, 0.29) is 11.1 Å². The summed E-state index contributed by atoms with van der Waals surface area (Å²) < 4.78 is 11.1. The normalized spacial score (nSPS) is 20.3. The van der Waals surface area contributed by atoms with Crippen LogP contribution in [-0.4, -0.2) is 73.0 Å². The Morgan fingerprint density at radius 3 is 2.75 bits per heavy atom. The van der Waals surface area contributed by atoms with Gasteiger partial charge < -0.3 is 14.1 Å². The van der Waals surface area contributed by atoms with Crippen molar-refractivity contribution in [1.82, 2.24) is 19.8 Å². The molecular formula is C20H23BN4O3. The zero-order chi connectivity index (χ0) is 19.1. The molecule has 0 unspecified atom stereocenters. The lowest BCUT2D eigenvalue weighted by molar-refractivity contribution is 0.0000373. The Kier molecular flexibility index (Phi) is 4.70. The summed E-state index contributed by atoms with van der Waals surface area (Å²) in [6, 6.07) is 5.99. The lowest BCUT2D eigenvalue weighted by Gasteiger charge is -2.39. The van der Waals surface area contributed by atoms with Crippen LogP contribution in [0.15, 0.2) is 27.4 Å². The highest BCUT2D eigenvalue weighted by atomic mass is 16.5. The molecule has 2 aliphatic heterocycles. The average molecular weight is 378 g/mol. The first-order valence-corrected chi connectivity index (χ1v) is 9.92. The lowest BCUT2D eigenvalue weighted by atomic mass is 9.95. The van der Waals surface area contributed by atoms with Gasteiger partial charge in [-0.1, -0.05) is 17.6 Å². The number of ether oxygens (including phenoxy) is 1. The molecule has 0 saturated carbocycles. The largest absolute Gasteiger partial charge is 0.449 e. The van der Waals surface area contributed by atoms with Gasteiger partial charge in [0.25, 0.3) is 5.56 Å². The van der Waals surface area contributed by atoms with Crippen LogP contribution in [0.1, 0.15) is 18.7 Å². The molecule has 2 radical (unpaired) electrons. The molecule has 2 fully saturated rings. The van der Waals surface area contributed by atoms with Crippen LogP contribution in [0, 0.1) is 0 Å². The summed E-state index contributed by atoms with van der Waals surface area (Å²) in [4.78, 5) is 25.0. The Hall–Kier alpha value is -2.16. The second kappa shape index (κ2) is 7.35. The lowest BCUT2D eigenvalue weighted by Crippen LogP contribution is -2.48. The highest BCUT2D eigenvalue weighted by molar-refractivity contribution is 6.33. The molecular weight excluding hydrogens is 355 g/mol. The van der Waals surface area contributed by atoms with Crippen molar-refractivity contribution in [2.45, 2.75) is 25.4 Å². The van der Waals surface area contributed by atoms with Gasteiger partial charge in [0.1, 0.15) is 24.8 Å². The van der Waals surface area contributed by atoms with Gasteiger partial charge in [-0.25, -0.2) is 4.98 Å². The second-order valence-corrected chi connectivity index (χ2v) is 7.70. The molecule has 4 heterocycles. The minimum absolute atomic E-state index is 0.238. The number of morpholine rings is 1. The number of aromatic amines is 1. The molecule has 1 aromatic carbocycles. The number of H-pyrrole nitrogens is 1. The van der Waals surface area contributed by atoms with Gasteiger partial charge in [0.2, 0.25) is 5.58 Å². The van der Waals surface area contributed by atoms with Crippen LogP contribution in [0.5, 0.6) is 0 Å². The van der Waals surface area contributed by atoms with Crippen LogP contribution in [0.3, 0.4) is 0 Å². The summed E-state index contributed by atoms with van der Waals surface area (Å²) in [6.45, 7) is 6.39. The van der Waals surface area contributed by atoms with Crippen molar-refractivity contribution >= 4 is 35.4 Å². The highest BCUT2D eigenvalue weighted by Gasteiger charge is 2.26. The van der Waals surface area contributed by atoms with E-state index in [1.807, 2.05) is 6.07 Å². The van der Waals surface area contributed by atoms with Gasteiger partial charge in [0.05, 0.1) is 19.8 Å². The smallest absolute Gasteiger partial charge is 0.294 e. The summed E-state index contributed by atoms with van der Waals surface area (Å²) in [5, 5.41) is 0.786. The maximum absolute atomic E-state index is 12.5. The standard InChI is InChI=1S/C20H23BN4O3/c21-13-1-2-16-15(11-13)18-19(28-16)20(26)23-17(22-18)12-24-5-3-14(4-6-24)25-7-9-27-10-8-25/h1-2,11,14H,3-10,12H2,(H,22,23,26). The minimum Gasteiger partial charge on any atom is -0.449 e. The van der Waals surface area contributed by atoms with E-state index >= 15 is 0 Å². The fourth-order valence-corrected chi connectivity index (χ4v) is 4.39. The summed E-state index contributed by atoms with van der Waals surface area (Å²) in [6.07, 6.45) is 2.27. The first-order chi connectivity index (χ1) is 13.7. The second-order valence-electron chi connectivity index (χ2n) is 7.70. The number of nitrogens with one attached hydrogen (secondary N) is 1. The van der Waals surface area contributed by atoms with Gasteiger partial charge in [0.15, 0.2) is 0 Å². The van der Waals surface area contributed by atoms with Crippen molar-refractivity contribution in [3.8, 4) is 0 Å². The molecule has 0 spiro atoms. The van der Waals surface area contributed by atoms with E-state index in [1.54, 1.807) is 12.1 Å². The number of hydrogen-bond acceptors (Lipinski definition) is 6. The number of furan rings is 1. The zero-order valence-electron chi connectivity index (χ0n) is 15.8. The number of aromatic nitrogens is 2. The van der Waals surface area contributed by atoms with Crippen LogP contribution in [0.25, 0.3) is 22.1 Å². The minimum atomic E-state index is -0.238. The summed E-state index contributed by atoms with van der Waals surface area (Å²) in [7, 11) is 5.90. The van der Waals surface area contributed by atoms with Crippen molar-refractivity contribution < 1.29 is 9.15 Å². The number of benzene rings is 1. The molecule has 2 aliphatic rings. The summed E-state index contributed by atoms with van der Waals surface area (Å²) in [5.41, 5.74) is 1.87. The molecule has 3 aromatic rings. The van der Waals surface area contributed by atoms with Crippen molar-refractivity contribution in [2.75, 3.05) is 39.4 Å². The Balaban J connectivity index is 1.33. The first kappa shape index (κ1) is 17.9. The fourth-order valence-electron chi connectivity index (χ4n) is 4.39. The molecule has 2 aromatic heterocycles. The van der Waals surface area contributed by atoms with E-state index in [2.05, 4.69) is 14.8 Å². The fraction of sp³-hybridized carbons (Fsp3) is 0.500. The third kappa shape index (κ3) is 3.36. The van der Waals surface area contributed by atoms with E-state index in [9.17, 15) is 4.79 Å². The molecule has 0 aliphatic carbocycles. The van der Waals surface area contributed by atoms with Gasteiger partial charge in [-0.3, -0.25) is 14.6 Å². The number of likely N-dealkylation sites (tertiary alicyclic amines) is 1. The average Bonchev–Trinajstić information content (AvgIpc) is 3.08. The monoisotopic (exact) mass is 378 g/mol. The molecule has 0 bridgehead atoms. The van der Waals surface area contributed by atoms with Gasteiger partial charge >= 0.3 is 0 Å². The van der Waals surface area contributed by atoms with Gasteiger partial charge in [-0.2, -0.15) is 0 Å². The van der Waals surface area contributed by atoms with Crippen LogP contribution in [0.2, 0.25) is 0 Å². The highest BCUT2D eigenvalue weighted by Crippen LogP contribution is 2.24. The number of piperidine rings is 1. The maximum atomic E-state index is 12.5. The van der Waals surface area contributed by atoms with Crippen LogP contribution >= 0.6 is 0 Å². The molecule has 28 heavy (non-hydrogen) atoms. The zero-order valence-corrected chi connectivity index (χ0v) is 15.8. The quantitative estimate of drug-likeness (QED) is 0.679. The molecule has 7 nitrogen and oxygen atoms in total. The maximum Gasteiger partial charge on any atom is 0.294 e. The van der Waals surface area contributed by atoms with Crippen LogP contribution in [0.4, 0.5) is 0 Å². The molecule has 144 valence electrons.